The van der Waals surface area contributed by atoms with Crippen LogP contribution in [0.3, 0.4) is 0 Å². The normalized spacial score (nSPS) is 12.7. The molecule has 0 atom stereocenters. The number of nitrogens with one attached hydrogen (secondary N) is 2. The number of rotatable bonds is 7. The molecule has 10 aromatic rings. The van der Waals surface area contributed by atoms with Gasteiger partial charge in [0, 0.05) is 38.8 Å². The van der Waals surface area contributed by atoms with Crippen LogP contribution < -0.4 is 5.32 Å². The Labute approximate surface area is 332 Å². The van der Waals surface area contributed by atoms with Crippen LogP contribution in [0.4, 0.5) is 11.4 Å². The van der Waals surface area contributed by atoms with E-state index >= 15 is 0 Å². The third-order valence-corrected chi connectivity index (χ3v) is 11.9. The van der Waals surface area contributed by atoms with Crippen molar-refractivity contribution >= 4 is 33.2 Å². The molecule has 2 heteroatoms. The molecule has 1 aliphatic rings. The van der Waals surface area contributed by atoms with E-state index in [0.29, 0.717) is 0 Å². The zero-order valence-corrected chi connectivity index (χ0v) is 31.3. The Morgan fingerprint density at radius 2 is 0.947 bits per heavy atom. The first-order chi connectivity index (χ1) is 28.3. The van der Waals surface area contributed by atoms with Crippen molar-refractivity contribution < 1.29 is 0 Å². The van der Waals surface area contributed by atoms with Gasteiger partial charge in [-0.15, -0.1) is 0 Å². The Morgan fingerprint density at radius 3 is 1.70 bits per heavy atom. The third-order valence-electron chi connectivity index (χ3n) is 11.9. The minimum Gasteiger partial charge on any atom is -0.355 e. The average Bonchev–Trinajstić information content (AvgIpc) is 3.81. The number of H-pyrrole nitrogens is 1. The third kappa shape index (κ3) is 5.33. The summed E-state index contributed by atoms with van der Waals surface area (Å²) in [5, 5.41) is 6.16. The number of fused-ring (bicyclic) bond motifs is 7. The average molecular weight is 727 g/mol. The number of benzene rings is 9. The lowest BCUT2D eigenvalue weighted by atomic mass is 9.67. The molecule has 11 rings (SSSR count). The van der Waals surface area contributed by atoms with E-state index in [-0.39, 0.29) is 0 Å². The Hall–Kier alpha value is -7.42. The van der Waals surface area contributed by atoms with Crippen LogP contribution in [0.2, 0.25) is 0 Å². The van der Waals surface area contributed by atoms with Crippen molar-refractivity contribution in [3.8, 4) is 44.5 Å². The van der Waals surface area contributed by atoms with Gasteiger partial charge in [-0.3, -0.25) is 0 Å². The molecule has 0 bridgehead atoms. The van der Waals surface area contributed by atoms with Gasteiger partial charge in [-0.1, -0.05) is 182 Å². The highest BCUT2D eigenvalue weighted by Crippen LogP contribution is 2.58. The van der Waals surface area contributed by atoms with Gasteiger partial charge in [0.1, 0.15) is 0 Å². The summed E-state index contributed by atoms with van der Waals surface area (Å²) >= 11 is 0. The van der Waals surface area contributed by atoms with Crippen molar-refractivity contribution in [3.05, 3.63) is 241 Å². The molecule has 1 aromatic heterocycles. The maximum absolute atomic E-state index is 3.96. The van der Waals surface area contributed by atoms with Crippen molar-refractivity contribution in [2.24, 2.45) is 0 Å². The van der Waals surface area contributed by atoms with Crippen LogP contribution in [-0.4, -0.2) is 4.98 Å². The first kappa shape index (κ1) is 33.0. The fraction of sp³-hybridized carbons (Fsp3) is 0.0182. The van der Waals surface area contributed by atoms with E-state index in [1.807, 2.05) is 0 Å². The van der Waals surface area contributed by atoms with Gasteiger partial charge < -0.3 is 10.3 Å². The molecule has 0 amide bonds. The molecule has 0 spiro atoms. The predicted octanol–water partition coefficient (Wildman–Crippen LogP) is 14.4. The largest absolute Gasteiger partial charge is 0.355 e. The van der Waals surface area contributed by atoms with Crippen LogP contribution in [-0.2, 0) is 5.41 Å². The van der Waals surface area contributed by atoms with Gasteiger partial charge in [-0.25, -0.2) is 0 Å². The lowest BCUT2D eigenvalue weighted by molar-refractivity contribution is 0.774. The Kier molecular flexibility index (Phi) is 7.75. The lowest BCUT2D eigenvalue weighted by Gasteiger charge is -2.34. The SMILES string of the molecule is c1ccc(-c2ccc(Nc3ccccc3-c3cccc(-c4ccc5[nH]c6c7c(ccc6c5c4)-c4ccccc4C7(c4ccccc4)c4ccccc4)c3)cc2)cc1. The molecule has 9 aromatic carbocycles. The monoisotopic (exact) mass is 726 g/mol. The number of para-hydroxylation sites is 1. The maximum Gasteiger partial charge on any atom is 0.0734 e. The van der Waals surface area contributed by atoms with Crippen molar-refractivity contribution in [3.63, 3.8) is 0 Å². The fourth-order valence-corrected chi connectivity index (χ4v) is 9.33. The quantitative estimate of drug-likeness (QED) is 0.168. The van der Waals surface area contributed by atoms with Crippen molar-refractivity contribution in [2.75, 3.05) is 5.32 Å². The molecule has 0 fully saturated rings. The minimum absolute atomic E-state index is 0.475. The molecular weight excluding hydrogens is 689 g/mol. The van der Waals surface area contributed by atoms with E-state index < -0.39 is 5.41 Å². The molecule has 2 N–H and O–H groups in total. The van der Waals surface area contributed by atoms with E-state index in [4.69, 9.17) is 0 Å². The Morgan fingerprint density at radius 1 is 0.368 bits per heavy atom. The van der Waals surface area contributed by atoms with E-state index in [1.165, 1.54) is 77.5 Å². The molecule has 268 valence electrons. The van der Waals surface area contributed by atoms with Gasteiger partial charge in [0.15, 0.2) is 0 Å². The summed E-state index contributed by atoms with van der Waals surface area (Å²) in [5.74, 6) is 0. The first-order valence-electron chi connectivity index (χ1n) is 19.7. The standard InChI is InChI=1S/C55H38N2/c1-4-15-37(16-5-1)38-27-30-44(31-28-38)56-51-26-13-11-23-45(51)41-18-14-17-39(35-41)40-29-34-52-49(36-40)48-33-32-47-46-24-10-12-25-50(46)55(53(47)54(48)57-52,42-19-6-2-7-20-42)43-21-8-3-9-22-43/h1-36,56-57H. The highest BCUT2D eigenvalue weighted by molar-refractivity contribution is 6.13. The Bertz CT molecular complexity index is 3030. The molecule has 1 aliphatic carbocycles. The summed E-state index contributed by atoms with van der Waals surface area (Å²) in [5.41, 5.74) is 18.8. The second-order valence-electron chi connectivity index (χ2n) is 15.0. The van der Waals surface area contributed by atoms with Crippen molar-refractivity contribution in [2.45, 2.75) is 5.41 Å². The zero-order chi connectivity index (χ0) is 37.8. The second kappa shape index (κ2) is 13.4. The highest BCUT2D eigenvalue weighted by atomic mass is 14.9. The lowest BCUT2D eigenvalue weighted by Crippen LogP contribution is -2.28. The Balaban J connectivity index is 1.01. The summed E-state index contributed by atoms with van der Waals surface area (Å²) in [4.78, 5) is 3.96. The highest BCUT2D eigenvalue weighted by Gasteiger charge is 2.47. The maximum atomic E-state index is 3.96. The second-order valence-corrected chi connectivity index (χ2v) is 15.0. The van der Waals surface area contributed by atoms with Gasteiger partial charge in [0.2, 0.25) is 0 Å². The van der Waals surface area contributed by atoms with Gasteiger partial charge in [0.05, 0.1) is 10.9 Å². The summed E-state index contributed by atoms with van der Waals surface area (Å²) < 4.78 is 0. The molecule has 0 radical (unpaired) electrons. The summed E-state index contributed by atoms with van der Waals surface area (Å²) in [7, 11) is 0. The van der Waals surface area contributed by atoms with Crippen LogP contribution >= 0.6 is 0 Å². The van der Waals surface area contributed by atoms with Gasteiger partial charge >= 0.3 is 0 Å². The number of hydrogen-bond acceptors (Lipinski definition) is 1. The van der Waals surface area contributed by atoms with E-state index in [1.54, 1.807) is 0 Å². The molecule has 0 unspecified atom stereocenters. The molecule has 0 aliphatic heterocycles. The van der Waals surface area contributed by atoms with Crippen molar-refractivity contribution in [1.82, 2.24) is 4.98 Å². The number of anilines is 2. The van der Waals surface area contributed by atoms with Crippen LogP contribution in [0, 0.1) is 0 Å². The van der Waals surface area contributed by atoms with E-state index in [9.17, 15) is 0 Å². The van der Waals surface area contributed by atoms with Gasteiger partial charge in [-0.2, -0.15) is 0 Å². The molecular formula is C55H38N2. The number of aromatic nitrogens is 1. The molecule has 0 saturated heterocycles. The van der Waals surface area contributed by atoms with Crippen molar-refractivity contribution in [1.29, 1.82) is 0 Å². The minimum atomic E-state index is -0.475. The summed E-state index contributed by atoms with van der Waals surface area (Å²) in [6, 6.07) is 79.3. The number of aromatic amines is 1. The molecule has 1 heterocycles. The van der Waals surface area contributed by atoms with Crippen LogP contribution in [0.5, 0.6) is 0 Å². The van der Waals surface area contributed by atoms with E-state index in [0.717, 1.165) is 22.5 Å². The smallest absolute Gasteiger partial charge is 0.0734 e. The molecule has 2 nitrogen and oxygen atoms in total. The number of hydrogen-bond donors (Lipinski definition) is 2. The molecule has 57 heavy (non-hydrogen) atoms. The first-order valence-corrected chi connectivity index (χ1v) is 19.7. The van der Waals surface area contributed by atoms with Gasteiger partial charge in [0.25, 0.3) is 0 Å². The van der Waals surface area contributed by atoms with Gasteiger partial charge in [-0.05, 0) is 92.0 Å². The van der Waals surface area contributed by atoms with Crippen LogP contribution in [0.1, 0.15) is 22.3 Å². The topological polar surface area (TPSA) is 27.8 Å². The summed E-state index contributed by atoms with van der Waals surface area (Å²) in [6.07, 6.45) is 0. The van der Waals surface area contributed by atoms with E-state index in [2.05, 4.69) is 229 Å². The van der Waals surface area contributed by atoms with Crippen LogP contribution in [0.15, 0.2) is 218 Å². The molecule has 0 saturated carbocycles. The zero-order valence-electron chi connectivity index (χ0n) is 31.3. The fourth-order valence-electron chi connectivity index (χ4n) is 9.33. The van der Waals surface area contributed by atoms with Crippen LogP contribution in [0.25, 0.3) is 66.3 Å². The predicted molar refractivity (Wildman–Crippen MR) is 239 cm³/mol. The summed E-state index contributed by atoms with van der Waals surface area (Å²) in [6.45, 7) is 0.